The molecule has 1 aliphatic heterocycles. The first-order valence-electron chi connectivity index (χ1n) is 8.05. The Hall–Kier alpha value is -1.76. The molecule has 4 nitrogen and oxygen atoms in total. The van der Waals surface area contributed by atoms with Gasteiger partial charge < -0.3 is 10.1 Å². The molecule has 2 aromatic rings. The van der Waals surface area contributed by atoms with E-state index in [4.69, 9.17) is 4.74 Å². The molecule has 24 heavy (non-hydrogen) atoms. The number of amides is 1. The number of ether oxygens (including phenoxy) is 1. The van der Waals surface area contributed by atoms with E-state index in [0.29, 0.717) is 24.6 Å². The van der Waals surface area contributed by atoms with Crippen LogP contribution in [0.5, 0.6) is 0 Å². The van der Waals surface area contributed by atoms with E-state index in [0.717, 1.165) is 23.5 Å². The number of carbonyl (C=O) groups excluding carboxylic acids is 1. The molecule has 1 N–H and O–H groups in total. The number of morpholine rings is 1. The Morgan fingerprint density at radius 2 is 1.96 bits per heavy atom. The fourth-order valence-electron chi connectivity index (χ4n) is 2.86. The monoisotopic (exact) mass is 348 g/mol. The number of benzene rings is 1. The minimum atomic E-state index is -0.252. The van der Waals surface area contributed by atoms with Gasteiger partial charge in [-0.15, -0.1) is 11.3 Å². The van der Waals surface area contributed by atoms with Crippen LogP contribution in [0.2, 0.25) is 0 Å². The molecule has 1 aromatic carbocycles. The smallest absolute Gasteiger partial charge is 0.261 e. The van der Waals surface area contributed by atoms with Gasteiger partial charge in [0.2, 0.25) is 0 Å². The standard InChI is InChI=1S/C18H21FN2O2S/c1-13-2-7-17(24-13)18(22)20-12-16(21-8-10-23-11-9-21)14-3-5-15(19)6-4-14/h2-7,16H,8-12H2,1H3,(H,20,22)/t16-/m0/s1. The minimum absolute atomic E-state index is 0.0134. The molecule has 1 fully saturated rings. The SMILES string of the molecule is Cc1ccc(C(=O)NC[C@@H](c2ccc(F)cc2)N2CCOCC2)s1. The Labute approximate surface area is 145 Å². The largest absolute Gasteiger partial charge is 0.379 e. The van der Waals surface area contributed by atoms with Crippen LogP contribution >= 0.6 is 11.3 Å². The Kier molecular flexibility index (Phi) is 5.60. The zero-order valence-corrected chi connectivity index (χ0v) is 14.4. The lowest BCUT2D eigenvalue weighted by Gasteiger charge is -2.34. The molecule has 1 aliphatic rings. The van der Waals surface area contributed by atoms with E-state index < -0.39 is 0 Å². The van der Waals surface area contributed by atoms with Crippen molar-refractivity contribution in [2.75, 3.05) is 32.8 Å². The summed E-state index contributed by atoms with van der Waals surface area (Å²) >= 11 is 1.49. The maximum absolute atomic E-state index is 13.2. The first-order valence-corrected chi connectivity index (χ1v) is 8.87. The molecule has 0 aliphatic carbocycles. The van der Waals surface area contributed by atoms with Crippen LogP contribution < -0.4 is 5.32 Å². The Morgan fingerprint density at radius 3 is 2.58 bits per heavy atom. The molecule has 0 saturated carbocycles. The molecular formula is C18H21FN2O2S. The van der Waals surface area contributed by atoms with E-state index in [1.807, 2.05) is 19.1 Å². The number of hydrogen-bond acceptors (Lipinski definition) is 4. The van der Waals surface area contributed by atoms with Gasteiger partial charge in [-0.2, -0.15) is 0 Å². The third-order valence-corrected chi connectivity index (χ3v) is 5.16. The molecular weight excluding hydrogens is 327 g/mol. The molecule has 6 heteroatoms. The lowest BCUT2D eigenvalue weighted by molar-refractivity contribution is 0.0162. The summed E-state index contributed by atoms with van der Waals surface area (Å²) in [6.45, 7) is 5.43. The third-order valence-electron chi connectivity index (χ3n) is 4.16. The molecule has 128 valence electrons. The number of rotatable bonds is 5. The van der Waals surface area contributed by atoms with Crippen molar-refractivity contribution in [3.8, 4) is 0 Å². The van der Waals surface area contributed by atoms with E-state index in [1.54, 1.807) is 12.1 Å². The van der Waals surface area contributed by atoms with Crippen molar-refractivity contribution < 1.29 is 13.9 Å². The Bertz CT molecular complexity index is 681. The van der Waals surface area contributed by atoms with Gasteiger partial charge in [-0.3, -0.25) is 9.69 Å². The second-order valence-corrected chi connectivity index (χ2v) is 7.12. The average Bonchev–Trinajstić information content (AvgIpc) is 3.04. The summed E-state index contributed by atoms with van der Waals surface area (Å²) in [6.07, 6.45) is 0. The highest BCUT2D eigenvalue weighted by Crippen LogP contribution is 2.22. The van der Waals surface area contributed by atoms with Gasteiger partial charge in [-0.05, 0) is 36.8 Å². The van der Waals surface area contributed by atoms with E-state index in [-0.39, 0.29) is 17.8 Å². The van der Waals surface area contributed by atoms with Gasteiger partial charge in [-0.25, -0.2) is 4.39 Å². The van der Waals surface area contributed by atoms with E-state index in [9.17, 15) is 9.18 Å². The molecule has 2 heterocycles. The summed E-state index contributed by atoms with van der Waals surface area (Å²) < 4.78 is 18.6. The predicted molar refractivity (Wildman–Crippen MR) is 92.9 cm³/mol. The highest BCUT2D eigenvalue weighted by molar-refractivity contribution is 7.13. The average molecular weight is 348 g/mol. The number of hydrogen-bond donors (Lipinski definition) is 1. The summed E-state index contributed by atoms with van der Waals surface area (Å²) in [7, 11) is 0. The number of carbonyl (C=O) groups is 1. The molecule has 1 amide bonds. The van der Waals surface area contributed by atoms with Crippen LogP contribution in [0.1, 0.15) is 26.2 Å². The van der Waals surface area contributed by atoms with Gasteiger partial charge in [0.15, 0.2) is 0 Å². The van der Waals surface area contributed by atoms with Gasteiger partial charge >= 0.3 is 0 Å². The Morgan fingerprint density at radius 1 is 1.25 bits per heavy atom. The third kappa shape index (κ3) is 4.20. The second-order valence-electron chi connectivity index (χ2n) is 5.84. The van der Waals surface area contributed by atoms with Crippen LogP contribution in [0.15, 0.2) is 36.4 Å². The van der Waals surface area contributed by atoms with Crippen LogP contribution in [0.25, 0.3) is 0 Å². The van der Waals surface area contributed by atoms with E-state index in [1.165, 1.54) is 23.5 Å². The van der Waals surface area contributed by atoms with E-state index in [2.05, 4.69) is 10.2 Å². The number of aryl methyl sites for hydroxylation is 1. The quantitative estimate of drug-likeness (QED) is 0.903. The highest BCUT2D eigenvalue weighted by atomic mass is 32.1. The van der Waals surface area contributed by atoms with Gasteiger partial charge in [0, 0.05) is 24.5 Å². The number of nitrogens with zero attached hydrogens (tertiary/aromatic N) is 1. The number of thiophene rings is 1. The zero-order valence-electron chi connectivity index (χ0n) is 13.6. The van der Waals surface area contributed by atoms with Crippen LogP contribution in [0.4, 0.5) is 4.39 Å². The normalized spacial score (nSPS) is 16.8. The van der Waals surface area contributed by atoms with E-state index >= 15 is 0 Å². The molecule has 1 saturated heterocycles. The van der Waals surface area contributed by atoms with Crippen molar-refractivity contribution >= 4 is 17.2 Å². The van der Waals surface area contributed by atoms with Gasteiger partial charge in [0.1, 0.15) is 5.82 Å². The molecule has 0 bridgehead atoms. The Balaban J connectivity index is 1.71. The molecule has 1 atom stereocenters. The summed E-state index contributed by atoms with van der Waals surface area (Å²) in [6, 6.07) is 10.3. The van der Waals surface area contributed by atoms with Crippen molar-refractivity contribution in [3.63, 3.8) is 0 Å². The molecule has 0 spiro atoms. The molecule has 0 unspecified atom stereocenters. The maximum atomic E-state index is 13.2. The zero-order chi connectivity index (χ0) is 16.9. The summed E-state index contributed by atoms with van der Waals surface area (Å²) in [5.41, 5.74) is 1.00. The lowest BCUT2D eigenvalue weighted by atomic mass is 10.0. The lowest BCUT2D eigenvalue weighted by Crippen LogP contribution is -2.43. The molecule has 1 aromatic heterocycles. The van der Waals surface area contributed by atoms with Crippen LogP contribution in [0.3, 0.4) is 0 Å². The maximum Gasteiger partial charge on any atom is 0.261 e. The van der Waals surface area contributed by atoms with Crippen molar-refractivity contribution in [2.24, 2.45) is 0 Å². The first kappa shape index (κ1) is 17.1. The fourth-order valence-corrected chi connectivity index (χ4v) is 3.65. The summed E-state index contributed by atoms with van der Waals surface area (Å²) in [5.74, 6) is -0.314. The number of halogens is 1. The van der Waals surface area contributed by atoms with Crippen molar-refractivity contribution in [3.05, 3.63) is 57.5 Å². The van der Waals surface area contributed by atoms with Crippen LogP contribution in [-0.2, 0) is 4.74 Å². The first-order chi connectivity index (χ1) is 11.6. The summed E-state index contributed by atoms with van der Waals surface area (Å²) in [5, 5.41) is 3.02. The minimum Gasteiger partial charge on any atom is -0.379 e. The molecule has 0 radical (unpaired) electrons. The van der Waals surface area contributed by atoms with Gasteiger partial charge in [0.05, 0.1) is 24.1 Å². The van der Waals surface area contributed by atoms with Gasteiger partial charge in [-0.1, -0.05) is 12.1 Å². The van der Waals surface area contributed by atoms with Crippen LogP contribution in [0, 0.1) is 12.7 Å². The van der Waals surface area contributed by atoms with Crippen molar-refractivity contribution in [1.29, 1.82) is 0 Å². The second kappa shape index (κ2) is 7.88. The molecule has 3 rings (SSSR count). The fraction of sp³-hybridized carbons (Fsp3) is 0.389. The van der Waals surface area contributed by atoms with Crippen molar-refractivity contribution in [1.82, 2.24) is 10.2 Å². The number of nitrogens with one attached hydrogen (secondary N) is 1. The summed E-state index contributed by atoms with van der Waals surface area (Å²) in [4.78, 5) is 16.4. The van der Waals surface area contributed by atoms with Gasteiger partial charge in [0.25, 0.3) is 5.91 Å². The van der Waals surface area contributed by atoms with Crippen molar-refractivity contribution in [2.45, 2.75) is 13.0 Å². The highest BCUT2D eigenvalue weighted by Gasteiger charge is 2.23. The predicted octanol–water partition coefficient (Wildman–Crippen LogP) is 3.00. The topological polar surface area (TPSA) is 41.6 Å². The van der Waals surface area contributed by atoms with Crippen LogP contribution in [-0.4, -0.2) is 43.7 Å².